The molecular weight excluding hydrogens is 384 g/mol. The van der Waals surface area contributed by atoms with Gasteiger partial charge in [-0.3, -0.25) is 9.59 Å². The highest BCUT2D eigenvalue weighted by atomic mass is 16.2. The fraction of sp³-hybridized carbons (Fsp3) is 0.143. The zero-order valence-corrected chi connectivity index (χ0v) is 16.1. The summed E-state index contributed by atoms with van der Waals surface area (Å²) in [5, 5.41) is 8.79. The van der Waals surface area contributed by atoms with E-state index in [4.69, 9.17) is 5.53 Å². The summed E-state index contributed by atoms with van der Waals surface area (Å²) in [5.74, 6) is -0.632. The first-order valence-electron chi connectivity index (χ1n) is 9.05. The number of hydrogen-bond acceptors (Lipinski definition) is 5. The molecule has 0 unspecified atom stereocenters. The minimum Gasteiger partial charge on any atom is -0.352 e. The molecule has 1 aromatic heterocycles. The smallest absolute Gasteiger partial charge is 0.251 e. The molecule has 0 saturated heterocycles. The van der Waals surface area contributed by atoms with E-state index in [0.717, 1.165) is 11.8 Å². The number of pyridine rings is 1. The molecule has 152 valence electrons. The maximum atomic E-state index is 12.3. The van der Waals surface area contributed by atoms with E-state index in [1.54, 1.807) is 42.5 Å². The normalized spacial score (nSPS) is 10.1. The van der Waals surface area contributed by atoms with Crippen LogP contribution < -0.4 is 10.6 Å². The zero-order chi connectivity index (χ0) is 21.8. The van der Waals surface area contributed by atoms with E-state index in [1.165, 1.54) is 12.3 Å². The maximum Gasteiger partial charge on any atom is 0.251 e. The number of unbranched alkanes of at least 4 members (excludes halogenated alkanes) is 1. The summed E-state index contributed by atoms with van der Waals surface area (Å²) in [7, 11) is 0. The molecule has 9 nitrogen and oxygen atoms in total. The van der Waals surface area contributed by atoms with E-state index in [-0.39, 0.29) is 11.4 Å². The number of aldehydes is 1. The van der Waals surface area contributed by atoms with Crippen molar-refractivity contribution in [1.29, 1.82) is 0 Å². The number of benzene rings is 1. The SMILES string of the molecule is C=C(C(=O)NCCCC=O)c1cccnc1NC(=O)/C=C/c1ccc(N=[N+]=[N-])cc1. The highest BCUT2D eigenvalue weighted by Gasteiger charge is 2.14. The van der Waals surface area contributed by atoms with E-state index < -0.39 is 11.8 Å². The molecule has 30 heavy (non-hydrogen) atoms. The van der Waals surface area contributed by atoms with E-state index in [1.807, 2.05) is 0 Å². The molecule has 0 saturated carbocycles. The Kier molecular flexibility index (Phi) is 8.51. The molecule has 9 heteroatoms. The summed E-state index contributed by atoms with van der Waals surface area (Å²) in [5.41, 5.74) is 10.2. The third kappa shape index (κ3) is 6.74. The topological polar surface area (TPSA) is 137 Å². The molecule has 0 fully saturated rings. The van der Waals surface area contributed by atoms with Crippen molar-refractivity contribution in [3.05, 3.63) is 76.8 Å². The molecule has 0 spiro atoms. The second-order valence-corrected chi connectivity index (χ2v) is 6.05. The Morgan fingerprint density at radius 2 is 2.00 bits per heavy atom. The van der Waals surface area contributed by atoms with Crippen LogP contribution in [0.1, 0.15) is 24.0 Å². The van der Waals surface area contributed by atoms with Crippen LogP contribution in [0.4, 0.5) is 11.5 Å². The predicted octanol–water partition coefficient (Wildman–Crippen LogP) is 3.78. The summed E-state index contributed by atoms with van der Waals surface area (Å²) in [6.45, 7) is 4.13. The third-order valence-corrected chi connectivity index (χ3v) is 3.91. The van der Waals surface area contributed by atoms with Gasteiger partial charge in [0.2, 0.25) is 5.91 Å². The molecule has 0 bridgehead atoms. The summed E-state index contributed by atoms with van der Waals surface area (Å²) in [4.78, 5) is 41.7. The fourth-order valence-electron chi connectivity index (χ4n) is 2.40. The van der Waals surface area contributed by atoms with Crippen molar-refractivity contribution in [3.8, 4) is 0 Å². The number of rotatable bonds is 10. The van der Waals surface area contributed by atoms with Crippen molar-refractivity contribution < 1.29 is 14.4 Å². The average Bonchev–Trinajstić information content (AvgIpc) is 2.76. The quantitative estimate of drug-likeness (QED) is 0.155. The van der Waals surface area contributed by atoms with Crippen LogP contribution in [-0.2, 0) is 14.4 Å². The van der Waals surface area contributed by atoms with Crippen LogP contribution >= 0.6 is 0 Å². The fourth-order valence-corrected chi connectivity index (χ4v) is 2.40. The number of aromatic nitrogens is 1. The van der Waals surface area contributed by atoms with E-state index in [2.05, 4.69) is 32.2 Å². The molecule has 1 heterocycles. The van der Waals surface area contributed by atoms with Crippen LogP contribution in [0, 0.1) is 0 Å². The van der Waals surface area contributed by atoms with Gasteiger partial charge in [0.15, 0.2) is 0 Å². The Morgan fingerprint density at radius 1 is 1.23 bits per heavy atom. The zero-order valence-electron chi connectivity index (χ0n) is 16.1. The second-order valence-electron chi connectivity index (χ2n) is 6.05. The van der Waals surface area contributed by atoms with Crippen LogP contribution in [-0.4, -0.2) is 29.6 Å². The van der Waals surface area contributed by atoms with Crippen LogP contribution in [0.25, 0.3) is 22.1 Å². The van der Waals surface area contributed by atoms with Crippen LogP contribution in [0.3, 0.4) is 0 Å². The summed E-state index contributed by atoms with van der Waals surface area (Å²) < 4.78 is 0. The van der Waals surface area contributed by atoms with Gasteiger partial charge in [-0.25, -0.2) is 4.98 Å². The molecule has 1 aromatic carbocycles. The third-order valence-electron chi connectivity index (χ3n) is 3.91. The lowest BCUT2D eigenvalue weighted by atomic mass is 10.1. The van der Waals surface area contributed by atoms with Crippen molar-refractivity contribution in [1.82, 2.24) is 10.3 Å². The first-order valence-corrected chi connectivity index (χ1v) is 9.05. The molecule has 2 aromatic rings. The molecule has 0 aliphatic rings. The van der Waals surface area contributed by atoms with Crippen molar-refractivity contribution in [2.24, 2.45) is 5.11 Å². The van der Waals surface area contributed by atoms with Gasteiger partial charge < -0.3 is 15.4 Å². The van der Waals surface area contributed by atoms with Crippen molar-refractivity contribution in [2.45, 2.75) is 12.8 Å². The van der Waals surface area contributed by atoms with Gasteiger partial charge in [-0.1, -0.05) is 36.0 Å². The Labute approximate surface area is 173 Å². The van der Waals surface area contributed by atoms with Crippen LogP contribution in [0.5, 0.6) is 0 Å². The standard InChI is InChI=1S/C21H20N6O3/c1-15(21(30)24-12-2-3-14-28)18-5-4-13-23-20(18)25-19(29)11-8-16-6-9-17(10-7-16)26-27-22/h4-11,13-14H,1-3,12H2,(H,24,30)(H,23,25,29)/b11-8+. The number of azide groups is 1. The lowest BCUT2D eigenvalue weighted by Crippen LogP contribution is -2.25. The largest absolute Gasteiger partial charge is 0.352 e. The molecule has 0 radical (unpaired) electrons. The van der Waals surface area contributed by atoms with Gasteiger partial charge in [-0.15, -0.1) is 0 Å². The number of anilines is 1. The van der Waals surface area contributed by atoms with Crippen molar-refractivity contribution >= 4 is 41.3 Å². The molecule has 2 amide bonds. The van der Waals surface area contributed by atoms with Gasteiger partial charge in [0, 0.05) is 47.0 Å². The number of nitrogens with one attached hydrogen (secondary N) is 2. The number of hydrogen-bond donors (Lipinski definition) is 2. The van der Waals surface area contributed by atoms with Gasteiger partial charge in [0.25, 0.3) is 5.91 Å². The van der Waals surface area contributed by atoms with Gasteiger partial charge in [-0.05, 0) is 35.7 Å². The molecule has 0 aliphatic heterocycles. The Morgan fingerprint density at radius 3 is 2.70 bits per heavy atom. The van der Waals surface area contributed by atoms with Crippen molar-refractivity contribution in [2.75, 3.05) is 11.9 Å². The molecule has 0 atom stereocenters. The van der Waals surface area contributed by atoms with E-state index in [9.17, 15) is 14.4 Å². The Balaban J connectivity index is 2.03. The minimum absolute atomic E-state index is 0.155. The minimum atomic E-state index is -0.437. The van der Waals surface area contributed by atoms with Gasteiger partial charge >= 0.3 is 0 Å². The van der Waals surface area contributed by atoms with Gasteiger partial charge in [-0.2, -0.15) is 0 Å². The first-order chi connectivity index (χ1) is 14.5. The number of amides is 2. The van der Waals surface area contributed by atoms with Crippen LogP contribution in [0.15, 0.2) is 60.4 Å². The Hall–Kier alpha value is -4.23. The Bertz CT molecular complexity index is 1010. The number of carbonyl (C=O) groups excluding carboxylic acids is 3. The predicted molar refractivity (Wildman–Crippen MR) is 114 cm³/mol. The number of carbonyl (C=O) groups is 3. The second kappa shape index (κ2) is 11.6. The van der Waals surface area contributed by atoms with E-state index >= 15 is 0 Å². The first kappa shape index (κ1) is 22.1. The molecule has 0 aliphatic carbocycles. The lowest BCUT2D eigenvalue weighted by molar-refractivity contribution is -0.116. The average molecular weight is 404 g/mol. The summed E-state index contributed by atoms with van der Waals surface area (Å²) in [6.07, 6.45) is 6.09. The lowest BCUT2D eigenvalue weighted by Gasteiger charge is -2.11. The molecular formula is C21H20N6O3. The highest BCUT2D eigenvalue weighted by molar-refractivity contribution is 6.20. The maximum absolute atomic E-state index is 12.3. The monoisotopic (exact) mass is 404 g/mol. The van der Waals surface area contributed by atoms with Crippen molar-refractivity contribution in [3.63, 3.8) is 0 Å². The van der Waals surface area contributed by atoms with E-state index in [0.29, 0.717) is 30.6 Å². The molecule has 2 rings (SSSR count). The summed E-state index contributed by atoms with van der Waals surface area (Å²) in [6, 6.07) is 9.94. The summed E-state index contributed by atoms with van der Waals surface area (Å²) >= 11 is 0. The molecule has 2 N–H and O–H groups in total. The van der Waals surface area contributed by atoms with Gasteiger partial charge in [0.1, 0.15) is 12.1 Å². The highest BCUT2D eigenvalue weighted by Crippen LogP contribution is 2.20. The van der Waals surface area contributed by atoms with Gasteiger partial charge in [0.05, 0.1) is 0 Å². The number of nitrogens with zero attached hydrogens (tertiary/aromatic N) is 4. The van der Waals surface area contributed by atoms with Crippen LogP contribution in [0.2, 0.25) is 0 Å².